The van der Waals surface area contributed by atoms with Crippen molar-refractivity contribution in [2.45, 2.75) is 18.9 Å². The van der Waals surface area contributed by atoms with E-state index >= 15 is 0 Å². The number of likely N-dealkylation sites (tertiary alicyclic amines) is 1. The lowest BCUT2D eigenvalue weighted by molar-refractivity contribution is 0.106. The van der Waals surface area contributed by atoms with Crippen LogP contribution in [0.3, 0.4) is 0 Å². The maximum absolute atomic E-state index is 5.85. The lowest BCUT2D eigenvalue weighted by Gasteiger charge is -2.28. The van der Waals surface area contributed by atoms with Crippen molar-refractivity contribution in [3.63, 3.8) is 0 Å². The number of ether oxygens (including phenoxy) is 1. The van der Waals surface area contributed by atoms with E-state index in [1.54, 1.807) is 12.4 Å². The average molecular weight is 259 g/mol. The van der Waals surface area contributed by atoms with Gasteiger partial charge in [0, 0.05) is 37.1 Å². The Hall–Kier alpha value is -1.88. The topological polar surface area (TPSA) is 51.4 Å². The molecule has 5 heteroatoms. The quantitative estimate of drug-likeness (QED) is 0.846. The van der Waals surface area contributed by atoms with E-state index < -0.39 is 0 Å². The summed E-state index contributed by atoms with van der Waals surface area (Å²) in [6, 6.07) is 5.64. The molecule has 1 fully saturated rings. The zero-order valence-electron chi connectivity index (χ0n) is 11.0. The number of aromatic nitrogens is 2. The van der Waals surface area contributed by atoms with Crippen LogP contribution in [-0.4, -0.2) is 41.3 Å². The first-order valence-corrected chi connectivity index (χ1v) is 6.53. The molecule has 1 saturated heterocycles. The highest BCUT2D eigenvalue weighted by Gasteiger charge is 2.19. The van der Waals surface area contributed by atoms with Gasteiger partial charge in [-0.05, 0) is 37.2 Å². The zero-order chi connectivity index (χ0) is 13.1. The van der Waals surface area contributed by atoms with Crippen LogP contribution in [0.15, 0.2) is 35.1 Å². The number of rotatable bonds is 3. The fraction of sp³-hybridized carbons (Fsp3) is 0.429. The SMILES string of the molecule is CN1CCC(Oc2cc(-c3cccnc3)on2)CC1. The van der Waals surface area contributed by atoms with Gasteiger partial charge in [0.15, 0.2) is 5.76 Å². The van der Waals surface area contributed by atoms with E-state index in [0.29, 0.717) is 11.6 Å². The van der Waals surface area contributed by atoms with Crippen molar-refractivity contribution < 1.29 is 9.26 Å². The molecule has 0 aliphatic carbocycles. The van der Waals surface area contributed by atoms with Crippen LogP contribution >= 0.6 is 0 Å². The monoisotopic (exact) mass is 259 g/mol. The Morgan fingerprint density at radius 2 is 2.21 bits per heavy atom. The summed E-state index contributed by atoms with van der Waals surface area (Å²) in [4.78, 5) is 6.37. The van der Waals surface area contributed by atoms with E-state index in [2.05, 4.69) is 22.1 Å². The van der Waals surface area contributed by atoms with Crippen LogP contribution in [0, 0.1) is 0 Å². The van der Waals surface area contributed by atoms with E-state index in [9.17, 15) is 0 Å². The molecule has 1 aliphatic rings. The predicted octanol–water partition coefficient (Wildman–Crippen LogP) is 2.21. The molecule has 100 valence electrons. The second-order valence-corrected chi connectivity index (χ2v) is 4.89. The van der Waals surface area contributed by atoms with Gasteiger partial charge in [-0.2, -0.15) is 0 Å². The summed E-state index contributed by atoms with van der Waals surface area (Å²) < 4.78 is 11.1. The van der Waals surface area contributed by atoms with E-state index in [1.807, 2.05) is 18.2 Å². The Bertz CT molecular complexity index is 518. The van der Waals surface area contributed by atoms with E-state index in [-0.39, 0.29) is 6.10 Å². The molecular weight excluding hydrogens is 242 g/mol. The Morgan fingerprint density at radius 3 is 2.95 bits per heavy atom. The number of nitrogens with zero attached hydrogens (tertiary/aromatic N) is 3. The molecule has 1 aliphatic heterocycles. The summed E-state index contributed by atoms with van der Waals surface area (Å²) in [5, 5.41) is 3.97. The summed E-state index contributed by atoms with van der Waals surface area (Å²) in [6.45, 7) is 2.13. The zero-order valence-corrected chi connectivity index (χ0v) is 11.0. The van der Waals surface area contributed by atoms with Crippen LogP contribution in [0.4, 0.5) is 0 Å². The van der Waals surface area contributed by atoms with E-state index in [4.69, 9.17) is 9.26 Å². The highest BCUT2D eigenvalue weighted by molar-refractivity contribution is 5.56. The summed E-state index contributed by atoms with van der Waals surface area (Å²) >= 11 is 0. The van der Waals surface area contributed by atoms with Gasteiger partial charge >= 0.3 is 0 Å². The fourth-order valence-corrected chi connectivity index (χ4v) is 2.23. The van der Waals surface area contributed by atoms with Crippen molar-refractivity contribution in [2.75, 3.05) is 20.1 Å². The third-order valence-electron chi connectivity index (χ3n) is 3.39. The van der Waals surface area contributed by atoms with Crippen LogP contribution < -0.4 is 4.74 Å². The van der Waals surface area contributed by atoms with Crippen molar-refractivity contribution in [1.29, 1.82) is 0 Å². The first-order chi connectivity index (χ1) is 9.31. The third kappa shape index (κ3) is 2.93. The number of piperidine rings is 1. The van der Waals surface area contributed by atoms with Crippen LogP contribution in [0.2, 0.25) is 0 Å². The van der Waals surface area contributed by atoms with Crippen molar-refractivity contribution in [2.24, 2.45) is 0 Å². The summed E-state index contributed by atoms with van der Waals surface area (Å²) in [5.74, 6) is 1.25. The summed E-state index contributed by atoms with van der Waals surface area (Å²) in [6.07, 6.45) is 5.79. The normalized spacial score (nSPS) is 17.5. The van der Waals surface area contributed by atoms with Gasteiger partial charge in [0.1, 0.15) is 6.10 Å². The Morgan fingerprint density at radius 1 is 1.37 bits per heavy atom. The fourth-order valence-electron chi connectivity index (χ4n) is 2.23. The third-order valence-corrected chi connectivity index (χ3v) is 3.39. The maximum atomic E-state index is 5.85. The molecule has 0 spiro atoms. The van der Waals surface area contributed by atoms with Gasteiger partial charge in [0.05, 0.1) is 0 Å². The molecule has 3 heterocycles. The molecular formula is C14H17N3O2. The molecule has 5 nitrogen and oxygen atoms in total. The molecule has 0 atom stereocenters. The Balaban J connectivity index is 1.65. The number of hydrogen-bond acceptors (Lipinski definition) is 5. The molecule has 3 rings (SSSR count). The number of hydrogen-bond donors (Lipinski definition) is 0. The second kappa shape index (κ2) is 5.40. The average Bonchev–Trinajstić information content (AvgIpc) is 2.91. The van der Waals surface area contributed by atoms with Gasteiger partial charge in [-0.1, -0.05) is 0 Å². The van der Waals surface area contributed by atoms with Gasteiger partial charge in [-0.15, -0.1) is 0 Å². The van der Waals surface area contributed by atoms with Gasteiger partial charge in [-0.3, -0.25) is 4.98 Å². The van der Waals surface area contributed by atoms with E-state index in [0.717, 1.165) is 31.5 Å². The van der Waals surface area contributed by atoms with Crippen LogP contribution in [-0.2, 0) is 0 Å². The van der Waals surface area contributed by atoms with E-state index in [1.165, 1.54) is 0 Å². The first-order valence-electron chi connectivity index (χ1n) is 6.53. The highest BCUT2D eigenvalue weighted by Crippen LogP contribution is 2.24. The van der Waals surface area contributed by atoms with Gasteiger partial charge in [0.2, 0.25) is 0 Å². The minimum absolute atomic E-state index is 0.239. The molecule has 0 N–H and O–H groups in total. The smallest absolute Gasteiger partial charge is 0.254 e. The molecule has 0 amide bonds. The predicted molar refractivity (Wildman–Crippen MR) is 70.9 cm³/mol. The number of pyridine rings is 1. The minimum Gasteiger partial charge on any atom is -0.472 e. The molecule has 0 bridgehead atoms. The van der Waals surface area contributed by atoms with Gasteiger partial charge in [-0.25, -0.2) is 0 Å². The van der Waals surface area contributed by atoms with Crippen molar-refractivity contribution in [3.8, 4) is 17.2 Å². The highest BCUT2D eigenvalue weighted by atomic mass is 16.5. The van der Waals surface area contributed by atoms with Crippen LogP contribution in [0.5, 0.6) is 5.88 Å². The summed E-state index contributed by atoms with van der Waals surface area (Å²) in [5.41, 5.74) is 0.910. The molecule has 0 saturated carbocycles. The molecule has 0 unspecified atom stereocenters. The Kier molecular flexibility index (Phi) is 3.46. The Labute approximate surface area is 112 Å². The molecule has 2 aromatic heterocycles. The standard InChI is InChI=1S/C14H17N3O2/c1-17-7-4-12(5-8-17)18-14-9-13(19-16-14)11-3-2-6-15-10-11/h2-3,6,9-10,12H,4-5,7-8H2,1H3. The minimum atomic E-state index is 0.239. The summed E-state index contributed by atoms with van der Waals surface area (Å²) in [7, 11) is 2.13. The van der Waals surface area contributed by atoms with Crippen LogP contribution in [0.1, 0.15) is 12.8 Å². The van der Waals surface area contributed by atoms with Gasteiger partial charge < -0.3 is 14.2 Å². The lowest BCUT2D eigenvalue weighted by atomic mass is 10.1. The second-order valence-electron chi connectivity index (χ2n) is 4.89. The van der Waals surface area contributed by atoms with Crippen molar-refractivity contribution >= 4 is 0 Å². The van der Waals surface area contributed by atoms with Crippen molar-refractivity contribution in [1.82, 2.24) is 15.0 Å². The largest absolute Gasteiger partial charge is 0.472 e. The molecule has 19 heavy (non-hydrogen) atoms. The first kappa shape index (κ1) is 12.2. The van der Waals surface area contributed by atoms with Crippen molar-refractivity contribution in [3.05, 3.63) is 30.6 Å². The van der Waals surface area contributed by atoms with Gasteiger partial charge in [0.25, 0.3) is 5.88 Å². The molecule has 2 aromatic rings. The lowest BCUT2D eigenvalue weighted by Crippen LogP contribution is -2.35. The molecule has 0 radical (unpaired) electrons. The van der Waals surface area contributed by atoms with Crippen LogP contribution in [0.25, 0.3) is 11.3 Å². The maximum Gasteiger partial charge on any atom is 0.254 e. The molecule has 0 aromatic carbocycles.